The lowest BCUT2D eigenvalue weighted by molar-refractivity contribution is -0.127. The molecule has 2 saturated carbocycles. The van der Waals surface area contributed by atoms with Crippen molar-refractivity contribution in [3.63, 3.8) is 0 Å². The quantitative estimate of drug-likeness (QED) is 0.159. The molecule has 19 heteroatoms. The summed E-state index contributed by atoms with van der Waals surface area (Å²) in [6.07, 6.45) is -4.40. The molecule has 1 amide bonds. The number of carbonyl (C=O) groups is 1. The zero-order chi connectivity index (χ0) is 40.5. The van der Waals surface area contributed by atoms with Crippen LogP contribution in [-0.4, -0.2) is 82.2 Å². The number of amides is 1. The van der Waals surface area contributed by atoms with Gasteiger partial charge in [-0.15, -0.1) is 35.1 Å². The van der Waals surface area contributed by atoms with E-state index in [4.69, 9.17) is 10.5 Å². The van der Waals surface area contributed by atoms with Crippen LogP contribution in [-0.2, 0) is 30.4 Å². The van der Waals surface area contributed by atoms with Crippen molar-refractivity contribution >= 4 is 73.2 Å². The summed E-state index contributed by atoms with van der Waals surface area (Å²) in [4.78, 5) is 36.0. The summed E-state index contributed by atoms with van der Waals surface area (Å²) in [5.41, 5.74) is 5.44. The van der Waals surface area contributed by atoms with Crippen molar-refractivity contribution < 1.29 is 35.9 Å². The number of nitrogens with one attached hydrogen (secondary N) is 1. The molecule has 10 nitrogen and oxygen atoms in total. The number of thiophene rings is 2. The molecular formula is C37H51ClF6N8O2S2. The lowest BCUT2D eigenvalue weighted by Gasteiger charge is -2.27. The number of alkyl halides is 6. The van der Waals surface area contributed by atoms with E-state index < -0.39 is 36.9 Å². The number of rotatable bonds is 9. The predicted molar refractivity (Wildman–Crippen MR) is 214 cm³/mol. The Bertz CT molecular complexity index is 1950. The van der Waals surface area contributed by atoms with E-state index in [1.807, 2.05) is 53.6 Å². The van der Waals surface area contributed by atoms with Gasteiger partial charge in [-0.25, -0.2) is 24.7 Å². The maximum absolute atomic E-state index is 12.9. The van der Waals surface area contributed by atoms with E-state index in [-0.39, 0.29) is 46.3 Å². The van der Waals surface area contributed by atoms with Gasteiger partial charge in [-0.05, 0) is 71.4 Å². The number of alkyl carbamates (subject to hydrolysis) is 1. The molecule has 2 aliphatic rings. The highest BCUT2D eigenvalue weighted by atomic mass is 35.5. The van der Waals surface area contributed by atoms with Crippen molar-refractivity contribution in [1.29, 1.82) is 0 Å². The molecule has 0 aliphatic heterocycles. The maximum atomic E-state index is 12.9. The molecule has 6 rings (SSSR count). The molecule has 4 heterocycles. The van der Waals surface area contributed by atoms with Crippen molar-refractivity contribution in [2.45, 2.75) is 141 Å². The summed E-state index contributed by atoms with van der Waals surface area (Å²) in [7, 11) is 3.86. The Morgan fingerprint density at radius 1 is 0.786 bits per heavy atom. The van der Waals surface area contributed by atoms with Gasteiger partial charge in [-0.3, -0.25) is 0 Å². The van der Waals surface area contributed by atoms with E-state index >= 15 is 0 Å². The van der Waals surface area contributed by atoms with E-state index in [1.54, 1.807) is 12.1 Å². The molecule has 0 bridgehead atoms. The largest absolute Gasteiger partial charge is 0.444 e. The Labute approximate surface area is 337 Å². The number of fused-ring (bicyclic) bond motifs is 2. The first kappa shape index (κ1) is 45.5. The fourth-order valence-electron chi connectivity index (χ4n) is 7.03. The van der Waals surface area contributed by atoms with Crippen LogP contribution < -0.4 is 20.9 Å². The van der Waals surface area contributed by atoms with Gasteiger partial charge in [0, 0.05) is 60.9 Å². The summed E-state index contributed by atoms with van der Waals surface area (Å²) in [6, 6.07) is 3.69. The number of carbonyl (C=O) groups excluding carboxylic acids is 1. The van der Waals surface area contributed by atoms with Crippen molar-refractivity contribution in [1.82, 2.24) is 25.3 Å². The van der Waals surface area contributed by atoms with Crippen LogP contribution in [0.15, 0.2) is 12.1 Å². The normalized spacial score (nSPS) is 20.1. The minimum Gasteiger partial charge on any atom is -0.444 e. The summed E-state index contributed by atoms with van der Waals surface area (Å²) in [5.74, 6) is 2.64. The third-order valence-corrected chi connectivity index (χ3v) is 11.7. The Hall–Kier alpha value is -3.22. The molecule has 312 valence electrons. The number of aromatic nitrogens is 4. The van der Waals surface area contributed by atoms with Gasteiger partial charge in [0.05, 0.1) is 23.6 Å². The smallest absolute Gasteiger partial charge is 0.407 e. The molecule has 4 atom stereocenters. The topological polar surface area (TPSA) is 122 Å². The molecule has 2 fully saturated rings. The van der Waals surface area contributed by atoms with Crippen LogP contribution in [0, 0.1) is 0 Å². The van der Waals surface area contributed by atoms with E-state index in [2.05, 4.69) is 30.2 Å². The lowest BCUT2D eigenvalue weighted by Crippen LogP contribution is -2.39. The molecule has 4 aromatic heterocycles. The van der Waals surface area contributed by atoms with Crippen molar-refractivity contribution in [3.8, 4) is 0 Å². The first-order valence-corrected chi connectivity index (χ1v) is 20.2. The molecule has 0 spiro atoms. The van der Waals surface area contributed by atoms with Crippen LogP contribution in [0.2, 0.25) is 0 Å². The average molecular weight is 853 g/mol. The van der Waals surface area contributed by atoms with E-state index in [0.717, 1.165) is 60.6 Å². The lowest BCUT2D eigenvalue weighted by atomic mass is 10.2. The van der Waals surface area contributed by atoms with E-state index in [1.165, 1.54) is 0 Å². The summed E-state index contributed by atoms with van der Waals surface area (Å²) >= 11 is 2.18. The van der Waals surface area contributed by atoms with Gasteiger partial charge in [-0.1, -0.05) is 13.8 Å². The molecule has 0 saturated heterocycles. The number of halogens is 7. The number of anilines is 2. The average Bonchev–Trinajstić information content (AvgIpc) is 3.87. The van der Waals surface area contributed by atoms with E-state index in [0.29, 0.717) is 57.2 Å². The molecule has 2 aliphatic carbocycles. The third-order valence-electron chi connectivity index (χ3n) is 9.66. The van der Waals surface area contributed by atoms with Crippen LogP contribution >= 0.6 is 35.1 Å². The first-order chi connectivity index (χ1) is 25.6. The highest BCUT2D eigenvalue weighted by Crippen LogP contribution is 2.38. The van der Waals surface area contributed by atoms with Crippen LogP contribution in [0.25, 0.3) is 20.4 Å². The van der Waals surface area contributed by atoms with Crippen LogP contribution in [0.5, 0.6) is 0 Å². The maximum Gasteiger partial charge on any atom is 0.407 e. The minimum absolute atomic E-state index is 0. The van der Waals surface area contributed by atoms with Gasteiger partial charge in [0.2, 0.25) is 0 Å². The summed E-state index contributed by atoms with van der Waals surface area (Å²) < 4.78 is 82.1. The number of hydrogen-bond acceptors (Lipinski definition) is 11. The standard InChI is InChI=1S/C21H29F3N4O2S.C16H21F3N4S.ClH/c1-6-16-26-17(15-10-14(11-21(22,23)24)31-18(15)27-16)28(5)13-8-7-12(9-13)25-19(29)30-20(2,3)4;1-3-13-21-14(23(2)10-5-4-9(20)6-10)12-7-11(8-16(17,18)19)24-15(12)22-13;/h10,12-13H,6-9,11H2,1-5H3,(H,25,29);7,9-10H,3-6,8,20H2,1-2H3;1H/t12-,13+;9-,10+;/m00./s1. The molecule has 0 unspecified atom stereocenters. The van der Waals surface area contributed by atoms with Crippen LogP contribution in [0.1, 0.15) is 94.5 Å². The van der Waals surface area contributed by atoms with Gasteiger partial charge in [-0.2, -0.15) is 26.3 Å². The molecule has 3 N–H and O–H groups in total. The zero-order valence-corrected chi connectivity index (χ0v) is 35.1. The molecule has 56 heavy (non-hydrogen) atoms. The molecule has 0 aromatic carbocycles. The Morgan fingerprint density at radius 3 is 1.62 bits per heavy atom. The highest BCUT2D eigenvalue weighted by molar-refractivity contribution is 7.19. The van der Waals surface area contributed by atoms with E-state index in [9.17, 15) is 31.1 Å². The fraction of sp³-hybridized carbons (Fsp3) is 0.649. The summed E-state index contributed by atoms with van der Waals surface area (Å²) in [6.45, 7) is 9.32. The van der Waals surface area contributed by atoms with Crippen LogP contribution in [0.3, 0.4) is 0 Å². The van der Waals surface area contributed by atoms with Gasteiger partial charge in [0.1, 0.15) is 38.5 Å². The number of nitrogens with zero attached hydrogens (tertiary/aromatic N) is 6. The fourth-order valence-corrected chi connectivity index (χ4v) is 9.17. The Morgan fingerprint density at radius 2 is 1.23 bits per heavy atom. The monoisotopic (exact) mass is 852 g/mol. The second-order valence-corrected chi connectivity index (χ2v) is 17.6. The van der Waals surface area contributed by atoms with Gasteiger partial charge in [0.15, 0.2) is 0 Å². The minimum atomic E-state index is -4.26. The number of nitrogens with two attached hydrogens (primary N) is 1. The summed E-state index contributed by atoms with van der Waals surface area (Å²) in [5, 5.41) is 4.27. The second kappa shape index (κ2) is 18.1. The third kappa shape index (κ3) is 12.1. The zero-order valence-electron chi connectivity index (χ0n) is 32.6. The number of aryl methyl sites for hydroxylation is 2. The van der Waals surface area contributed by atoms with Crippen molar-refractivity contribution in [2.24, 2.45) is 5.73 Å². The molecular weight excluding hydrogens is 802 g/mol. The Balaban J connectivity index is 0.000000252. The molecule has 4 aromatic rings. The van der Waals surface area contributed by atoms with Gasteiger partial charge in [0.25, 0.3) is 0 Å². The second-order valence-electron chi connectivity index (χ2n) is 15.3. The Kier molecular flexibility index (Phi) is 14.7. The number of ether oxygens (including phenoxy) is 1. The van der Waals surface area contributed by atoms with Gasteiger partial charge < -0.3 is 25.6 Å². The highest BCUT2D eigenvalue weighted by Gasteiger charge is 2.34. The molecule has 0 radical (unpaired) electrons. The van der Waals surface area contributed by atoms with Crippen LogP contribution in [0.4, 0.5) is 42.8 Å². The van der Waals surface area contributed by atoms with Gasteiger partial charge >= 0.3 is 18.4 Å². The number of hydrogen-bond donors (Lipinski definition) is 2. The predicted octanol–water partition coefficient (Wildman–Crippen LogP) is 9.34. The van der Waals surface area contributed by atoms with Crippen molar-refractivity contribution in [2.75, 3.05) is 23.9 Å². The SMILES string of the molecule is CCc1nc(N(C)[C@@H]2CC[C@H](N)C2)c2cc(CC(F)(F)F)sc2n1.CCc1nc(N(C)[C@@H]2CC[C@H](NC(=O)OC(C)(C)C)C2)c2cc(CC(F)(F)F)sc2n1.Cl. The first-order valence-electron chi connectivity index (χ1n) is 18.5. The van der Waals surface area contributed by atoms with Crippen molar-refractivity contribution in [3.05, 3.63) is 33.5 Å².